The van der Waals surface area contributed by atoms with Gasteiger partial charge in [-0.1, -0.05) is 206 Å². The average Bonchev–Trinajstić information content (AvgIpc) is 4.19. The van der Waals surface area contributed by atoms with Crippen LogP contribution in [-0.2, 0) is 0 Å². The normalized spacial score (nSPS) is 12.6. The molecule has 0 aliphatic carbocycles. The maximum absolute atomic E-state index is 2.68. The summed E-state index contributed by atoms with van der Waals surface area (Å²) in [6, 6.07) is 99.8. The summed E-state index contributed by atoms with van der Waals surface area (Å²) < 4.78 is 7.74. The zero-order valence-electron chi connectivity index (χ0n) is 41.7. The summed E-state index contributed by atoms with van der Waals surface area (Å²) in [5, 5.41) is 7.62. The highest BCUT2D eigenvalue weighted by atomic mass is 32.1. The Morgan fingerprint density at radius 1 is 0.312 bits per heavy atom. The maximum atomic E-state index is 2.68. The number of anilines is 3. The number of nitrogens with zero attached hydrogens (tertiary/aromatic N) is 3. The van der Waals surface area contributed by atoms with E-state index < -0.39 is 0 Å². The van der Waals surface area contributed by atoms with Gasteiger partial charge in [-0.25, -0.2) is 0 Å². The van der Waals surface area contributed by atoms with Gasteiger partial charge in [-0.15, -0.1) is 11.3 Å². The van der Waals surface area contributed by atoms with Crippen LogP contribution in [0.25, 0.3) is 120 Å². The zero-order valence-corrected chi connectivity index (χ0v) is 42.5. The predicted molar refractivity (Wildman–Crippen MR) is 329 cm³/mol. The smallest absolute Gasteiger partial charge is 0.252 e. The Morgan fingerprint density at radius 3 is 1.47 bits per heavy atom. The number of fused-ring (bicyclic) bond motifs is 14. The molecule has 0 saturated heterocycles. The monoisotopic (exact) mass is 993 g/mol. The van der Waals surface area contributed by atoms with Gasteiger partial charge in [0.05, 0.1) is 32.6 Å². The first-order valence-corrected chi connectivity index (χ1v) is 27.4. The van der Waals surface area contributed by atoms with Crippen molar-refractivity contribution in [2.45, 2.75) is 0 Å². The van der Waals surface area contributed by atoms with E-state index in [1.165, 1.54) is 119 Å². The van der Waals surface area contributed by atoms with E-state index in [1.54, 1.807) is 0 Å². The van der Waals surface area contributed by atoms with Gasteiger partial charge in [0, 0.05) is 70.7 Å². The van der Waals surface area contributed by atoms with Crippen LogP contribution in [0.2, 0.25) is 0 Å². The van der Waals surface area contributed by atoms with Crippen LogP contribution in [-0.4, -0.2) is 15.8 Å². The molecule has 0 atom stereocenters. The summed E-state index contributed by atoms with van der Waals surface area (Å²) in [6.45, 7) is -0.0900. The molecule has 15 aromatic rings. The van der Waals surface area contributed by atoms with E-state index >= 15 is 0 Å². The first kappa shape index (κ1) is 42.7. The molecule has 5 heterocycles. The lowest BCUT2D eigenvalue weighted by molar-refractivity contribution is 1.17. The van der Waals surface area contributed by atoms with Crippen molar-refractivity contribution in [2.75, 3.05) is 4.90 Å². The molecule has 0 amide bonds. The van der Waals surface area contributed by atoms with Crippen molar-refractivity contribution in [1.29, 1.82) is 0 Å². The van der Waals surface area contributed by atoms with Crippen molar-refractivity contribution in [3.63, 3.8) is 0 Å². The van der Waals surface area contributed by atoms with E-state index in [-0.39, 0.29) is 6.71 Å². The molecule has 0 unspecified atom stereocenters. The lowest BCUT2D eigenvalue weighted by atomic mass is 9.33. The molecule has 17 rings (SSSR count). The molecule has 2 aliphatic rings. The van der Waals surface area contributed by atoms with E-state index in [0.717, 1.165) is 33.6 Å². The molecule has 0 radical (unpaired) electrons. The second-order valence-electron chi connectivity index (χ2n) is 20.7. The third-order valence-electron chi connectivity index (χ3n) is 16.7. The van der Waals surface area contributed by atoms with Crippen LogP contribution in [0.15, 0.2) is 267 Å². The van der Waals surface area contributed by atoms with Gasteiger partial charge in [-0.3, -0.25) is 0 Å². The Bertz CT molecular complexity index is 4790. The Morgan fingerprint density at radius 2 is 0.818 bits per heavy atom. The third-order valence-corrected chi connectivity index (χ3v) is 17.9. The molecule has 0 N–H and O–H groups in total. The molecule has 0 saturated carbocycles. The second-order valence-corrected chi connectivity index (χ2v) is 21.8. The minimum atomic E-state index is -0.0900. The van der Waals surface area contributed by atoms with Crippen molar-refractivity contribution in [1.82, 2.24) is 9.13 Å². The Hall–Kier alpha value is -9.68. The quantitative estimate of drug-likeness (QED) is 0.151. The summed E-state index contributed by atoms with van der Waals surface area (Å²) in [5.41, 5.74) is 24.2. The van der Waals surface area contributed by atoms with Crippen LogP contribution in [0.4, 0.5) is 17.1 Å². The van der Waals surface area contributed by atoms with Crippen molar-refractivity contribution < 1.29 is 0 Å². The lowest BCUT2D eigenvalue weighted by Crippen LogP contribution is -2.60. The highest BCUT2D eigenvalue weighted by molar-refractivity contribution is 7.26. The topological polar surface area (TPSA) is 13.1 Å². The fraction of sp³-hybridized carbons (Fsp3) is 0. The van der Waals surface area contributed by atoms with E-state index in [0.29, 0.717) is 0 Å². The van der Waals surface area contributed by atoms with Gasteiger partial charge in [0.15, 0.2) is 0 Å². The predicted octanol–water partition coefficient (Wildman–Crippen LogP) is 17.5. The fourth-order valence-electron chi connectivity index (χ4n) is 13.5. The number of benzene rings is 12. The summed E-state index contributed by atoms with van der Waals surface area (Å²) >= 11 is 1.93. The number of hydrogen-bond acceptors (Lipinski definition) is 2. The van der Waals surface area contributed by atoms with E-state index in [4.69, 9.17) is 0 Å². The van der Waals surface area contributed by atoms with Crippen LogP contribution in [0, 0.1) is 0 Å². The molecule has 2 aliphatic heterocycles. The molecule has 77 heavy (non-hydrogen) atoms. The fourth-order valence-corrected chi connectivity index (χ4v) is 14.7. The summed E-state index contributed by atoms with van der Waals surface area (Å²) in [7, 11) is 0. The van der Waals surface area contributed by atoms with Crippen LogP contribution < -0.4 is 21.3 Å². The first-order valence-electron chi connectivity index (χ1n) is 26.6. The van der Waals surface area contributed by atoms with Crippen LogP contribution in [0.5, 0.6) is 0 Å². The van der Waals surface area contributed by atoms with Crippen molar-refractivity contribution in [3.05, 3.63) is 267 Å². The number of aromatic nitrogens is 2. The number of thiophene rings is 1. The van der Waals surface area contributed by atoms with Gasteiger partial charge in [0.25, 0.3) is 6.71 Å². The number of para-hydroxylation sites is 5. The number of rotatable bonds is 6. The van der Waals surface area contributed by atoms with Gasteiger partial charge in [-0.2, -0.15) is 0 Å². The standard InChI is InChI=1S/C72H44BN3S/c1-3-19-45(20-4-1)47-23-15-25-49(41-47)52-31-17-32-53(50-26-16-24-48(42-50)46-21-5-2-6-22-46)69(52)75-65-40-39-51(74-62-35-11-7-27-54(62)55-28-8-12-36-63(55)74)43-61(65)73-60-34-18-33-58-56-29-9-13-37-64(56)76(70(58)60)71-68(73)66(75)44-59-57-30-10-14-38-67(57)77-72(59)71/h1-44H. The highest BCUT2D eigenvalue weighted by Gasteiger charge is 2.44. The van der Waals surface area contributed by atoms with Gasteiger partial charge >= 0.3 is 0 Å². The van der Waals surface area contributed by atoms with Crippen molar-refractivity contribution in [2.24, 2.45) is 0 Å². The van der Waals surface area contributed by atoms with Gasteiger partial charge in [0.1, 0.15) is 0 Å². The molecular weight excluding hydrogens is 950 g/mol. The third kappa shape index (κ3) is 6.15. The largest absolute Gasteiger partial charge is 0.310 e. The SMILES string of the molecule is c1ccc(-c2cccc(-c3cccc(-c4cccc(-c5ccccc5)c4)c3N3c4ccc(-n5c6ccccc6c6ccccc65)cc4B4c5c3cc3c(sc6ccccc63)c5-n3c5ccccc5c5cccc4c53)c2)cc1. The summed E-state index contributed by atoms with van der Waals surface area (Å²) in [6.07, 6.45) is 0. The van der Waals surface area contributed by atoms with Crippen LogP contribution in [0.1, 0.15) is 0 Å². The molecule has 0 fully saturated rings. The molecule has 356 valence electrons. The molecular formula is C72H44BN3S. The van der Waals surface area contributed by atoms with Gasteiger partial charge in [0.2, 0.25) is 0 Å². The molecule has 3 nitrogen and oxygen atoms in total. The Balaban J connectivity index is 1.04. The lowest BCUT2D eigenvalue weighted by Gasteiger charge is -2.42. The minimum absolute atomic E-state index is 0.0900. The zero-order chi connectivity index (χ0) is 50.3. The summed E-state index contributed by atoms with van der Waals surface area (Å²) in [4.78, 5) is 2.68. The van der Waals surface area contributed by atoms with Crippen LogP contribution >= 0.6 is 11.3 Å². The molecule has 12 aromatic carbocycles. The molecule has 0 bridgehead atoms. The van der Waals surface area contributed by atoms with Crippen molar-refractivity contribution in [3.8, 4) is 55.9 Å². The van der Waals surface area contributed by atoms with E-state index in [2.05, 4.69) is 281 Å². The maximum Gasteiger partial charge on any atom is 0.252 e. The van der Waals surface area contributed by atoms with Gasteiger partial charge < -0.3 is 14.0 Å². The van der Waals surface area contributed by atoms with Crippen molar-refractivity contribution >= 4 is 115 Å². The first-order chi connectivity index (χ1) is 38.2. The average molecular weight is 994 g/mol. The van der Waals surface area contributed by atoms with E-state index in [1.807, 2.05) is 11.3 Å². The minimum Gasteiger partial charge on any atom is -0.310 e. The van der Waals surface area contributed by atoms with Crippen LogP contribution in [0.3, 0.4) is 0 Å². The molecule has 3 aromatic heterocycles. The molecule has 0 spiro atoms. The number of hydrogen-bond donors (Lipinski definition) is 0. The Labute approximate surface area is 449 Å². The Kier molecular flexibility index (Phi) is 9.09. The van der Waals surface area contributed by atoms with Gasteiger partial charge in [-0.05, 0) is 110 Å². The molecule has 5 heteroatoms. The summed E-state index contributed by atoms with van der Waals surface area (Å²) in [5.74, 6) is 0. The highest BCUT2D eigenvalue weighted by Crippen LogP contribution is 2.52. The second kappa shape index (κ2) is 16.4. The van der Waals surface area contributed by atoms with E-state index in [9.17, 15) is 0 Å².